The van der Waals surface area contributed by atoms with Crippen LogP contribution < -0.4 is 20.6 Å². The summed E-state index contributed by atoms with van der Waals surface area (Å²) in [5, 5.41) is 4.74. The van der Waals surface area contributed by atoms with Crippen LogP contribution in [0.15, 0.2) is 150 Å². The van der Waals surface area contributed by atoms with Crippen LogP contribution in [0.25, 0.3) is 55.0 Å². The molecule has 0 radical (unpaired) electrons. The molecule has 0 saturated carbocycles. The van der Waals surface area contributed by atoms with E-state index in [9.17, 15) is 0 Å². The standard InChI is InChI=1S/C58H51BN2O/c1-34-28-38(57(5,6)7)24-27-49(34)60-51-33-47-42(40-18-12-14-20-46(40)58(47,8)9)32-48(51)59-53-44(31-45-41-19-13-15-21-52(41)62-55(45)54(53)60)43-29-35-16-10-11-17-36(35)30-50(43)61(59)39-25-22-37(23-26-39)56(2,3)4/h10-33H,1-9H3. The molecular formula is C58H51BN2O. The average Bonchev–Trinajstić information content (AvgIpc) is 3.73. The molecule has 0 unspecified atom stereocenters. The first-order valence-electron chi connectivity index (χ1n) is 22.3. The monoisotopic (exact) mass is 802 g/mol. The number of anilines is 5. The first-order valence-corrected chi connectivity index (χ1v) is 22.3. The number of fused-ring (bicyclic) bond motifs is 12. The molecule has 12 rings (SSSR count). The molecule has 9 aromatic rings. The maximum absolute atomic E-state index is 7.18. The number of benzene rings is 8. The van der Waals surface area contributed by atoms with Crippen LogP contribution in [0.2, 0.25) is 0 Å². The van der Waals surface area contributed by atoms with Crippen molar-refractivity contribution in [3.05, 3.63) is 173 Å². The van der Waals surface area contributed by atoms with Crippen molar-refractivity contribution in [2.45, 2.75) is 78.6 Å². The summed E-state index contributed by atoms with van der Waals surface area (Å²) in [5.41, 5.74) is 21.9. The predicted molar refractivity (Wildman–Crippen MR) is 265 cm³/mol. The van der Waals surface area contributed by atoms with E-state index in [0.717, 1.165) is 27.6 Å². The van der Waals surface area contributed by atoms with Crippen LogP contribution in [0, 0.1) is 6.92 Å². The van der Waals surface area contributed by atoms with Gasteiger partial charge in [-0.05, 0) is 132 Å². The minimum atomic E-state index is -0.185. The van der Waals surface area contributed by atoms with E-state index in [1.165, 1.54) is 94.5 Å². The van der Waals surface area contributed by atoms with Crippen LogP contribution in [0.5, 0.6) is 0 Å². The fraction of sp³-hybridized carbons (Fsp3) is 0.207. The van der Waals surface area contributed by atoms with Crippen LogP contribution in [-0.2, 0) is 16.2 Å². The van der Waals surface area contributed by atoms with E-state index < -0.39 is 0 Å². The Bertz CT molecular complexity index is 3370. The molecule has 0 atom stereocenters. The van der Waals surface area contributed by atoms with E-state index in [-0.39, 0.29) is 23.1 Å². The van der Waals surface area contributed by atoms with Gasteiger partial charge < -0.3 is 14.1 Å². The van der Waals surface area contributed by atoms with E-state index in [1.807, 2.05) is 0 Å². The molecule has 0 saturated heterocycles. The van der Waals surface area contributed by atoms with Gasteiger partial charge in [0.1, 0.15) is 5.58 Å². The molecule has 8 aromatic carbocycles. The summed E-state index contributed by atoms with van der Waals surface area (Å²) in [7, 11) is 0. The van der Waals surface area contributed by atoms with Crippen LogP contribution in [0.1, 0.15) is 83.2 Å². The zero-order valence-electron chi connectivity index (χ0n) is 37.2. The first kappa shape index (κ1) is 37.3. The lowest BCUT2D eigenvalue weighted by molar-refractivity contribution is 0.589. The third-order valence-electron chi connectivity index (χ3n) is 14.4. The number of hydrogen-bond donors (Lipinski definition) is 0. The molecule has 2 aliphatic heterocycles. The Morgan fingerprint density at radius 3 is 1.95 bits per heavy atom. The van der Waals surface area contributed by atoms with Crippen molar-refractivity contribution in [3.8, 4) is 22.3 Å². The summed E-state index contributed by atoms with van der Waals surface area (Å²) in [5.74, 6) is 0. The van der Waals surface area contributed by atoms with Gasteiger partial charge in [-0.25, -0.2) is 0 Å². The second-order valence-corrected chi connectivity index (χ2v) is 20.7. The molecule has 1 aromatic heterocycles. The van der Waals surface area contributed by atoms with Gasteiger partial charge in [-0.15, -0.1) is 0 Å². The minimum Gasteiger partial charge on any atom is -0.454 e. The van der Waals surface area contributed by atoms with Crippen molar-refractivity contribution in [2.24, 2.45) is 0 Å². The Labute approximate surface area is 365 Å². The quantitative estimate of drug-likeness (QED) is 0.162. The lowest BCUT2D eigenvalue weighted by Crippen LogP contribution is -2.61. The van der Waals surface area contributed by atoms with Crippen molar-refractivity contribution in [1.82, 2.24) is 0 Å². The van der Waals surface area contributed by atoms with Crippen molar-refractivity contribution >= 4 is 78.9 Å². The third kappa shape index (κ3) is 5.13. The summed E-state index contributed by atoms with van der Waals surface area (Å²) in [6.45, 7) is 20.7. The van der Waals surface area contributed by atoms with Crippen molar-refractivity contribution in [1.29, 1.82) is 0 Å². The predicted octanol–water partition coefficient (Wildman–Crippen LogP) is 14.7. The molecule has 62 heavy (non-hydrogen) atoms. The Morgan fingerprint density at radius 1 is 0.532 bits per heavy atom. The lowest BCUT2D eigenvalue weighted by atomic mass is 9.43. The first-order chi connectivity index (χ1) is 29.7. The van der Waals surface area contributed by atoms with Gasteiger partial charge in [-0.1, -0.05) is 152 Å². The topological polar surface area (TPSA) is 19.6 Å². The fourth-order valence-corrected chi connectivity index (χ4v) is 11.1. The van der Waals surface area contributed by atoms with Crippen molar-refractivity contribution < 1.29 is 4.42 Å². The summed E-state index contributed by atoms with van der Waals surface area (Å²) in [6.07, 6.45) is 0. The minimum absolute atomic E-state index is 0.0122. The molecule has 3 nitrogen and oxygen atoms in total. The highest BCUT2D eigenvalue weighted by Crippen LogP contribution is 2.55. The second-order valence-electron chi connectivity index (χ2n) is 20.7. The van der Waals surface area contributed by atoms with E-state index in [2.05, 4.69) is 218 Å². The lowest BCUT2D eigenvalue weighted by Gasteiger charge is -2.46. The van der Waals surface area contributed by atoms with Gasteiger partial charge in [0.05, 0.1) is 5.69 Å². The van der Waals surface area contributed by atoms with Crippen LogP contribution in [0.3, 0.4) is 0 Å². The van der Waals surface area contributed by atoms with Gasteiger partial charge in [-0.3, -0.25) is 0 Å². The number of rotatable bonds is 2. The van der Waals surface area contributed by atoms with Crippen LogP contribution in [-0.4, -0.2) is 6.85 Å². The van der Waals surface area contributed by atoms with Gasteiger partial charge in [0.2, 0.25) is 0 Å². The number of aryl methyl sites for hydroxylation is 1. The summed E-state index contributed by atoms with van der Waals surface area (Å²) in [4.78, 5) is 5.24. The normalized spacial score (nSPS) is 14.9. The molecular weight excluding hydrogens is 751 g/mol. The number of para-hydroxylation sites is 1. The highest BCUT2D eigenvalue weighted by Gasteiger charge is 2.49. The molecule has 302 valence electrons. The number of nitrogens with zero attached hydrogens (tertiary/aromatic N) is 2. The Kier molecular flexibility index (Phi) is 7.54. The molecule has 3 heterocycles. The molecule has 4 heteroatoms. The van der Waals surface area contributed by atoms with Crippen molar-refractivity contribution in [3.63, 3.8) is 0 Å². The Morgan fingerprint density at radius 2 is 1.21 bits per heavy atom. The molecule has 0 bridgehead atoms. The number of hydrogen-bond acceptors (Lipinski definition) is 3. The van der Waals surface area contributed by atoms with E-state index in [4.69, 9.17) is 4.42 Å². The van der Waals surface area contributed by atoms with Gasteiger partial charge in [-0.2, -0.15) is 0 Å². The molecule has 3 aliphatic rings. The largest absolute Gasteiger partial charge is 0.454 e. The van der Waals surface area contributed by atoms with Gasteiger partial charge in [0.25, 0.3) is 0 Å². The molecule has 1 aliphatic carbocycles. The Hall–Kier alpha value is -6.52. The van der Waals surface area contributed by atoms with Crippen LogP contribution in [0.4, 0.5) is 28.4 Å². The maximum atomic E-state index is 7.18. The SMILES string of the molecule is Cc1cc(C(C)(C)C)ccc1N1c2cc3c(cc2B2c4c(cc5c(oc6ccccc65)c41)-c1cc4ccccc4cc1N2c1ccc(C(C)(C)C)cc1)-c1ccccc1C3(C)C. The zero-order chi connectivity index (χ0) is 42.6. The molecule has 0 amide bonds. The maximum Gasteiger partial charge on any atom is 0.333 e. The summed E-state index contributed by atoms with van der Waals surface area (Å²) in [6, 6.07) is 55.4. The summed E-state index contributed by atoms with van der Waals surface area (Å²) >= 11 is 0. The van der Waals surface area contributed by atoms with Gasteiger partial charge >= 0.3 is 6.85 Å². The Balaban J connectivity index is 1.27. The second kappa shape index (κ2) is 12.5. The fourth-order valence-electron chi connectivity index (χ4n) is 11.1. The molecule has 0 fully saturated rings. The van der Waals surface area contributed by atoms with Gasteiger partial charge in [0.15, 0.2) is 5.58 Å². The van der Waals surface area contributed by atoms with E-state index >= 15 is 0 Å². The van der Waals surface area contributed by atoms with Crippen molar-refractivity contribution in [2.75, 3.05) is 9.71 Å². The molecule has 0 N–H and O–H groups in total. The number of furan rings is 1. The van der Waals surface area contributed by atoms with Gasteiger partial charge in [0, 0.05) is 44.5 Å². The third-order valence-corrected chi connectivity index (χ3v) is 14.4. The average molecular weight is 803 g/mol. The summed E-state index contributed by atoms with van der Waals surface area (Å²) < 4.78 is 7.18. The highest BCUT2D eigenvalue weighted by atomic mass is 16.3. The highest BCUT2D eigenvalue weighted by molar-refractivity contribution is 6.94. The zero-order valence-corrected chi connectivity index (χ0v) is 37.2. The van der Waals surface area contributed by atoms with Crippen LogP contribution >= 0.6 is 0 Å². The van der Waals surface area contributed by atoms with E-state index in [0.29, 0.717) is 0 Å². The van der Waals surface area contributed by atoms with E-state index in [1.54, 1.807) is 0 Å². The molecule has 0 spiro atoms. The smallest absolute Gasteiger partial charge is 0.333 e.